The molecule has 27 heavy (non-hydrogen) atoms. The van der Waals surface area contributed by atoms with Gasteiger partial charge in [0.15, 0.2) is 0 Å². The molecule has 0 bridgehead atoms. The third-order valence-electron chi connectivity index (χ3n) is 5.15. The zero-order valence-electron chi connectivity index (χ0n) is 15.0. The highest BCUT2D eigenvalue weighted by Gasteiger charge is 2.38. The Kier molecular flexibility index (Phi) is 4.68. The van der Waals surface area contributed by atoms with Crippen LogP contribution in [0.1, 0.15) is 24.6 Å². The molecule has 11 nitrogen and oxygen atoms in total. The van der Waals surface area contributed by atoms with Crippen LogP contribution in [0, 0.1) is 5.92 Å². The molecule has 4 heterocycles. The molecule has 2 aliphatic rings. The van der Waals surface area contributed by atoms with Crippen LogP contribution in [0.15, 0.2) is 18.6 Å². The van der Waals surface area contributed by atoms with Crippen molar-refractivity contribution in [2.24, 2.45) is 5.92 Å². The van der Waals surface area contributed by atoms with Gasteiger partial charge in [-0.15, -0.1) is 5.10 Å². The molecular formula is C15H22N8O3S. The van der Waals surface area contributed by atoms with Crippen molar-refractivity contribution in [3.05, 3.63) is 24.3 Å². The average Bonchev–Trinajstić information content (AvgIpc) is 3.25. The topological polar surface area (TPSA) is 119 Å². The van der Waals surface area contributed by atoms with E-state index in [2.05, 4.69) is 20.5 Å². The number of aromatic nitrogens is 6. The lowest BCUT2D eigenvalue weighted by atomic mass is 9.94. The van der Waals surface area contributed by atoms with Gasteiger partial charge in [0.25, 0.3) is 0 Å². The number of piperidine rings is 1. The van der Waals surface area contributed by atoms with E-state index in [4.69, 9.17) is 0 Å². The van der Waals surface area contributed by atoms with Crippen LogP contribution in [0.5, 0.6) is 0 Å². The lowest BCUT2D eigenvalue weighted by molar-refractivity contribution is -0.142. The van der Waals surface area contributed by atoms with E-state index in [0.29, 0.717) is 45.6 Å². The molecule has 0 saturated carbocycles. The molecule has 0 atom stereocenters. The number of carbonyl (C=O) groups excluding carboxylic acids is 1. The van der Waals surface area contributed by atoms with Gasteiger partial charge in [-0.3, -0.25) is 4.79 Å². The molecule has 4 rings (SSSR count). The van der Waals surface area contributed by atoms with Gasteiger partial charge in [-0.25, -0.2) is 17.4 Å². The normalized spacial score (nSPS) is 20.0. The lowest BCUT2D eigenvalue weighted by Crippen LogP contribution is -2.54. The molecule has 0 radical (unpaired) electrons. The Labute approximate surface area is 157 Å². The first-order valence-electron chi connectivity index (χ1n) is 8.89. The maximum atomic E-state index is 12.6. The van der Waals surface area contributed by atoms with Crippen molar-refractivity contribution in [3.8, 4) is 0 Å². The van der Waals surface area contributed by atoms with E-state index in [-0.39, 0.29) is 17.9 Å². The fourth-order valence-corrected chi connectivity index (χ4v) is 4.40. The maximum absolute atomic E-state index is 12.6. The second-order valence-electron chi connectivity index (χ2n) is 7.08. The first-order valence-corrected chi connectivity index (χ1v) is 10.7. The van der Waals surface area contributed by atoms with Crippen molar-refractivity contribution < 1.29 is 13.2 Å². The summed E-state index contributed by atoms with van der Waals surface area (Å²) in [7, 11) is -3.17. The van der Waals surface area contributed by atoms with Gasteiger partial charge in [0.05, 0.1) is 30.9 Å². The number of likely N-dealkylation sites (tertiary alicyclic amines) is 1. The van der Waals surface area contributed by atoms with Crippen LogP contribution < -0.4 is 0 Å². The van der Waals surface area contributed by atoms with E-state index in [9.17, 15) is 13.2 Å². The molecule has 12 heteroatoms. The monoisotopic (exact) mass is 394 g/mol. The first kappa shape index (κ1) is 18.0. The van der Waals surface area contributed by atoms with Crippen LogP contribution in [0.3, 0.4) is 0 Å². The predicted molar refractivity (Wildman–Crippen MR) is 93.9 cm³/mol. The van der Waals surface area contributed by atoms with Gasteiger partial charge in [0.1, 0.15) is 12.2 Å². The molecule has 2 aromatic rings. The van der Waals surface area contributed by atoms with E-state index in [0.717, 1.165) is 5.69 Å². The van der Waals surface area contributed by atoms with Gasteiger partial charge < -0.3 is 4.90 Å². The molecule has 0 unspecified atom stereocenters. The van der Waals surface area contributed by atoms with Gasteiger partial charge in [0, 0.05) is 32.1 Å². The van der Waals surface area contributed by atoms with Crippen LogP contribution in [-0.4, -0.2) is 86.0 Å². The van der Waals surface area contributed by atoms with Gasteiger partial charge >= 0.3 is 0 Å². The molecule has 0 spiro atoms. The fourth-order valence-electron chi connectivity index (χ4n) is 3.53. The summed E-state index contributed by atoms with van der Waals surface area (Å²) in [5, 5.41) is 16.4. The second kappa shape index (κ2) is 7.00. The summed E-state index contributed by atoms with van der Waals surface area (Å²) in [6, 6.07) is 0.122. The number of sulfonamides is 1. The van der Waals surface area contributed by atoms with Gasteiger partial charge in [0.2, 0.25) is 15.9 Å². The Morgan fingerprint density at radius 2 is 1.85 bits per heavy atom. The van der Waals surface area contributed by atoms with Crippen molar-refractivity contribution in [2.75, 3.05) is 32.4 Å². The summed E-state index contributed by atoms with van der Waals surface area (Å²) in [6.07, 6.45) is 7.46. The summed E-state index contributed by atoms with van der Waals surface area (Å²) in [5.74, 6) is 0.0154. The van der Waals surface area contributed by atoms with E-state index >= 15 is 0 Å². The van der Waals surface area contributed by atoms with Crippen LogP contribution >= 0.6 is 0 Å². The molecule has 2 fully saturated rings. The highest BCUT2D eigenvalue weighted by molar-refractivity contribution is 7.88. The zero-order valence-corrected chi connectivity index (χ0v) is 15.9. The second-order valence-corrected chi connectivity index (χ2v) is 9.07. The summed E-state index contributed by atoms with van der Waals surface area (Å²) >= 11 is 0. The van der Waals surface area contributed by atoms with Crippen LogP contribution in [0.25, 0.3) is 0 Å². The van der Waals surface area contributed by atoms with E-state index in [1.807, 2.05) is 11.1 Å². The minimum absolute atomic E-state index is 0.0962. The van der Waals surface area contributed by atoms with Crippen molar-refractivity contribution in [3.63, 3.8) is 0 Å². The van der Waals surface area contributed by atoms with Crippen LogP contribution in [0.4, 0.5) is 0 Å². The summed E-state index contributed by atoms with van der Waals surface area (Å²) in [4.78, 5) is 16.0. The summed E-state index contributed by atoms with van der Waals surface area (Å²) in [6.45, 7) is 2.50. The highest BCUT2D eigenvalue weighted by atomic mass is 32.2. The SMILES string of the molecule is CS(=O)(=O)N1CCC(C(=O)N2CC(n3cc(Cn4nccn4)nn3)C2)CC1. The summed E-state index contributed by atoms with van der Waals surface area (Å²) in [5.41, 5.74) is 0.768. The number of hydrogen-bond acceptors (Lipinski definition) is 7. The third-order valence-corrected chi connectivity index (χ3v) is 6.45. The molecule has 0 aromatic carbocycles. The minimum atomic E-state index is -3.17. The Morgan fingerprint density at radius 1 is 1.19 bits per heavy atom. The van der Waals surface area contributed by atoms with E-state index in [1.165, 1.54) is 15.4 Å². The van der Waals surface area contributed by atoms with Crippen molar-refractivity contribution in [1.82, 2.24) is 39.2 Å². The Bertz CT molecular complexity index is 895. The molecular weight excluding hydrogens is 372 g/mol. The van der Waals surface area contributed by atoms with Crippen LogP contribution in [0.2, 0.25) is 0 Å². The first-order chi connectivity index (χ1) is 12.9. The van der Waals surface area contributed by atoms with E-state index in [1.54, 1.807) is 17.1 Å². The zero-order chi connectivity index (χ0) is 19.0. The van der Waals surface area contributed by atoms with Crippen molar-refractivity contribution in [1.29, 1.82) is 0 Å². The van der Waals surface area contributed by atoms with Crippen molar-refractivity contribution in [2.45, 2.75) is 25.4 Å². The Balaban J connectivity index is 1.27. The lowest BCUT2D eigenvalue weighted by Gasteiger charge is -2.42. The average molecular weight is 394 g/mol. The summed E-state index contributed by atoms with van der Waals surface area (Å²) < 4.78 is 26.4. The van der Waals surface area contributed by atoms with Crippen molar-refractivity contribution >= 4 is 15.9 Å². The van der Waals surface area contributed by atoms with Gasteiger partial charge in [-0.2, -0.15) is 15.0 Å². The predicted octanol–water partition coefficient (Wildman–Crippen LogP) is -1.03. The molecule has 146 valence electrons. The molecule has 0 N–H and O–H groups in total. The van der Waals surface area contributed by atoms with Crippen LogP contribution in [-0.2, 0) is 21.4 Å². The minimum Gasteiger partial charge on any atom is -0.338 e. The largest absolute Gasteiger partial charge is 0.338 e. The third kappa shape index (κ3) is 3.86. The molecule has 0 aliphatic carbocycles. The number of rotatable bonds is 5. The number of carbonyl (C=O) groups is 1. The Morgan fingerprint density at radius 3 is 2.48 bits per heavy atom. The van der Waals surface area contributed by atoms with Gasteiger partial charge in [-0.1, -0.05) is 5.21 Å². The standard InChI is InChI=1S/C15H22N8O3S/c1-27(25,26)21-6-2-12(3-7-21)15(24)20-10-14(11-20)22-8-13(18-19-22)9-23-16-4-5-17-23/h4-5,8,12,14H,2-3,6-7,9-11H2,1H3. The molecule has 2 saturated heterocycles. The highest BCUT2D eigenvalue weighted by Crippen LogP contribution is 2.27. The molecule has 2 aliphatic heterocycles. The van der Waals surface area contributed by atoms with E-state index < -0.39 is 10.0 Å². The maximum Gasteiger partial charge on any atom is 0.225 e. The molecule has 2 aromatic heterocycles. The number of nitrogens with zero attached hydrogens (tertiary/aromatic N) is 8. The number of amides is 1. The number of hydrogen-bond donors (Lipinski definition) is 0. The molecule has 1 amide bonds. The smallest absolute Gasteiger partial charge is 0.225 e. The fraction of sp³-hybridized carbons (Fsp3) is 0.667. The van der Waals surface area contributed by atoms with Gasteiger partial charge in [-0.05, 0) is 12.8 Å². The Hall–Kier alpha value is -2.34. The quantitative estimate of drug-likeness (QED) is 0.636.